The number of nitrogens with zero attached hydrogens (tertiary/aromatic N) is 3. The van der Waals surface area contributed by atoms with E-state index in [1.807, 2.05) is 18.2 Å². The van der Waals surface area contributed by atoms with Crippen molar-refractivity contribution in [3.8, 4) is 0 Å². The van der Waals surface area contributed by atoms with Crippen LogP contribution in [0.15, 0.2) is 61.1 Å². The second-order valence-electron chi connectivity index (χ2n) is 9.47. The molecule has 2 atom stereocenters. The Morgan fingerprint density at radius 1 is 0.952 bits per heavy atom. The first-order valence-electron chi connectivity index (χ1n) is 12.7. The molecule has 0 aliphatic heterocycles. The largest absolute Gasteiger partial charge is 0.465 e. The monoisotopic (exact) mass is 594 g/mol. The Morgan fingerprint density at radius 3 is 2.19 bits per heavy atom. The minimum Gasteiger partial charge on any atom is -0.465 e. The average molecular weight is 595 g/mol. The number of methoxy groups -OCH3 is 2. The van der Waals surface area contributed by atoms with E-state index in [1.54, 1.807) is 41.2 Å². The van der Waals surface area contributed by atoms with Crippen LogP contribution in [0.3, 0.4) is 0 Å². The van der Waals surface area contributed by atoms with Crippen molar-refractivity contribution < 1.29 is 23.9 Å². The van der Waals surface area contributed by atoms with E-state index in [9.17, 15) is 14.4 Å². The molecule has 2 aromatic carbocycles. The van der Waals surface area contributed by atoms with Crippen molar-refractivity contribution in [2.45, 2.75) is 45.2 Å². The molecule has 0 radical (unpaired) electrons. The molecule has 0 spiro atoms. The normalized spacial score (nSPS) is 15.8. The molecular weight excluding hydrogens is 558 g/mol. The fourth-order valence-corrected chi connectivity index (χ4v) is 5.10. The molecule has 224 valence electrons. The van der Waals surface area contributed by atoms with Gasteiger partial charge in [0.25, 0.3) is 5.91 Å². The molecule has 1 amide bonds. The quantitative estimate of drug-likeness (QED) is 0.252. The maximum Gasteiger partial charge on any atom is 0.337 e. The van der Waals surface area contributed by atoms with Gasteiger partial charge in [0, 0.05) is 18.4 Å². The molecule has 0 saturated carbocycles. The summed E-state index contributed by atoms with van der Waals surface area (Å²) in [4.78, 5) is 39.9. The number of hydrogen-bond acceptors (Lipinski definition) is 8. The molecule has 11 heteroatoms. The Kier molecular flexibility index (Phi) is 11.8. The summed E-state index contributed by atoms with van der Waals surface area (Å²) in [5.74, 6) is -0.909. The number of fused-ring (bicyclic) bond motifs is 3. The van der Waals surface area contributed by atoms with Gasteiger partial charge in [-0.2, -0.15) is 5.10 Å². The van der Waals surface area contributed by atoms with Crippen LogP contribution in [0.5, 0.6) is 0 Å². The number of carbonyl (C=O) groups excluding carboxylic acids is 3. The fraction of sp³-hybridized carbons (Fsp3) is 0.290. The maximum atomic E-state index is 12.7. The number of nitrogens with two attached hydrogens (primary N) is 1. The van der Waals surface area contributed by atoms with Gasteiger partial charge >= 0.3 is 11.9 Å². The third kappa shape index (κ3) is 6.78. The highest BCUT2D eigenvalue weighted by Gasteiger charge is 2.27. The van der Waals surface area contributed by atoms with Crippen LogP contribution in [0.4, 0.5) is 0 Å². The summed E-state index contributed by atoms with van der Waals surface area (Å²) < 4.78 is 11.0. The zero-order chi connectivity index (χ0) is 27.5. The van der Waals surface area contributed by atoms with Crippen LogP contribution >= 0.6 is 12.4 Å². The van der Waals surface area contributed by atoms with Gasteiger partial charge in [-0.3, -0.25) is 4.79 Å². The van der Waals surface area contributed by atoms with E-state index in [1.165, 1.54) is 26.0 Å². The lowest BCUT2D eigenvalue weighted by Gasteiger charge is -2.14. The van der Waals surface area contributed by atoms with E-state index in [2.05, 4.69) is 20.1 Å². The summed E-state index contributed by atoms with van der Waals surface area (Å²) in [6, 6.07) is 12.8. The first-order chi connectivity index (χ1) is 18.9. The lowest BCUT2D eigenvalue weighted by Crippen LogP contribution is -2.27. The number of nitrogens with one attached hydrogen (secondary N) is 1. The molecule has 0 unspecified atom stereocenters. The van der Waals surface area contributed by atoms with Crippen molar-refractivity contribution in [2.24, 2.45) is 5.73 Å². The smallest absolute Gasteiger partial charge is 0.337 e. The number of esters is 2. The van der Waals surface area contributed by atoms with Crippen molar-refractivity contribution in [2.75, 3.05) is 14.2 Å². The third-order valence-corrected chi connectivity index (χ3v) is 7.17. The predicted molar refractivity (Wildman–Crippen MR) is 163 cm³/mol. The minimum absolute atomic E-state index is 0. The molecule has 0 bridgehead atoms. The minimum atomic E-state index is -0.383. The van der Waals surface area contributed by atoms with Crippen molar-refractivity contribution in [3.05, 3.63) is 107 Å². The zero-order valence-corrected chi connectivity index (χ0v) is 23.9. The second kappa shape index (κ2) is 14.6. The van der Waals surface area contributed by atoms with Crippen LogP contribution in [0.1, 0.15) is 85.7 Å². The Bertz CT molecular complexity index is 1570. The van der Waals surface area contributed by atoms with E-state index < -0.39 is 0 Å². The molecule has 0 fully saturated rings. The van der Waals surface area contributed by atoms with Crippen molar-refractivity contribution in [1.82, 2.24) is 19.9 Å². The van der Waals surface area contributed by atoms with Crippen LogP contribution < -0.4 is 11.1 Å². The Morgan fingerprint density at radius 2 is 1.55 bits per heavy atom. The van der Waals surface area contributed by atoms with E-state index in [-0.39, 0.29) is 57.2 Å². The van der Waals surface area contributed by atoms with E-state index in [0.717, 1.165) is 42.4 Å². The van der Waals surface area contributed by atoms with Gasteiger partial charge in [-0.1, -0.05) is 19.6 Å². The Labute approximate surface area is 252 Å². The summed E-state index contributed by atoms with van der Waals surface area (Å²) in [6.07, 6.45) is 8.51. The Hall–Kier alpha value is -4.28. The molecule has 2 aliphatic carbocycles. The van der Waals surface area contributed by atoms with Gasteiger partial charge in [0.05, 0.1) is 37.6 Å². The average Bonchev–Trinajstić information content (AvgIpc) is 3.69. The maximum absolute atomic E-state index is 12.7. The predicted octanol–water partition coefficient (Wildman–Crippen LogP) is 4.86. The van der Waals surface area contributed by atoms with E-state index >= 15 is 0 Å². The molecule has 3 N–H and O–H groups in total. The van der Waals surface area contributed by atoms with Crippen LogP contribution in [0.2, 0.25) is 0 Å². The number of halogens is 1. The number of hydrogen-bond donors (Lipinski definition) is 2. The van der Waals surface area contributed by atoms with Gasteiger partial charge in [0.15, 0.2) is 5.65 Å². The highest BCUT2D eigenvalue weighted by atomic mass is 35.5. The number of rotatable bonds is 4. The summed E-state index contributed by atoms with van der Waals surface area (Å²) in [6.45, 7) is 0. The van der Waals surface area contributed by atoms with Crippen molar-refractivity contribution in [3.63, 3.8) is 0 Å². The molecular formula is C31H37ClN5O5-. The fourth-order valence-electron chi connectivity index (χ4n) is 5.10. The van der Waals surface area contributed by atoms with Crippen LogP contribution in [0.25, 0.3) is 5.65 Å². The van der Waals surface area contributed by atoms with Gasteiger partial charge in [-0.25, -0.2) is 19.1 Å². The first-order valence-corrected chi connectivity index (χ1v) is 12.7. The number of benzene rings is 2. The lowest BCUT2D eigenvalue weighted by molar-refractivity contribution is 0.0591. The standard InChI is InChI=1S/C18H16N4O3.C11H13NO2.CH4.CH3.ClH/c1-25-18(24)12-4-3-11-5-6-15(13(11)9-12)21-17(23)14-10-20-22-8-2-7-19-16(14)22;1-14-11(13)8-3-2-7-4-5-10(12)9(7)6-8;;;/h2-4,7-10,15H,5-6H2,1H3,(H,21,23);2-3,6,10H,4-5,12H2,1H3;1H4;1H3;1H/q;;;-1;/t15-;10-;;;/m11.../s1. The van der Waals surface area contributed by atoms with Gasteiger partial charge in [0.1, 0.15) is 5.56 Å². The topological polar surface area (TPSA) is 138 Å². The molecule has 42 heavy (non-hydrogen) atoms. The van der Waals surface area contributed by atoms with Gasteiger partial charge < -0.3 is 28.0 Å². The van der Waals surface area contributed by atoms with Gasteiger partial charge in [0.2, 0.25) is 0 Å². The lowest BCUT2D eigenvalue weighted by atomic mass is 10.0. The number of amides is 1. The van der Waals surface area contributed by atoms with Crippen LogP contribution in [0, 0.1) is 7.43 Å². The van der Waals surface area contributed by atoms with Gasteiger partial charge in [-0.15, -0.1) is 12.4 Å². The number of aromatic nitrogens is 3. The zero-order valence-electron chi connectivity index (χ0n) is 23.1. The highest BCUT2D eigenvalue weighted by molar-refractivity contribution is 6.00. The first kappa shape index (κ1) is 33.9. The van der Waals surface area contributed by atoms with Gasteiger partial charge in [-0.05, 0) is 78.3 Å². The number of aryl methyl sites for hydroxylation is 2. The molecule has 0 saturated heterocycles. The Balaban J connectivity index is 0.000000313. The molecule has 4 aromatic rings. The summed E-state index contributed by atoms with van der Waals surface area (Å²) in [7, 11) is 2.74. The molecule has 6 rings (SSSR count). The van der Waals surface area contributed by atoms with Crippen molar-refractivity contribution >= 4 is 35.9 Å². The summed E-state index contributed by atoms with van der Waals surface area (Å²) in [5, 5.41) is 7.17. The highest BCUT2D eigenvalue weighted by Crippen LogP contribution is 2.32. The van der Waals surface area contributed by atoms with Crippen LogP contribution in [-0.4, -0.2) is 46.7 Å². The van der Waals surface area contributed by atoms with Crippen molar-refractivity contribution in [1.29, 1.82) is 0 Å². The SMILES string of the molecule is C.COC(=O)c1ccc2c(c1)[C@H](N)CC2.COC(=O)c1ccc2c(c1)[C@H](NC(=O)c1cnn3cccnc13)CC2.Cl.[CH3-]. The summed E-state index contributed by atoms with van der Waals surface area (Å²) >= 11 is 0. The summed E-state index contributed by atoms with van der Waals surface area (Å²) in [5.41, 5.74) is 12.4. The second-order valence-corrected chi connectivity index (χ2v) is 9.47. The molecule has 2 aliphatic rings. The van der Waals surface area contributed by atoms with E-state index in [0.29, 0.717) is 22.3 Å². The third-order valence-electron chi connectivity index (χ3n) is 7.17. The number of carbonyl (C=O) groups is 3. The molecule has 2 aromatic heterocycles. The van der Waals surface area contributed by atoms with Crippen LogP contribution in [-0.2, 0) is 22.3 Å². The van der Waals surface area contributed by atoms with E-state index in [4.69, 9.17) is 10.5 Å². The number of ether oxygens (including phenoxy) is 2. The molecule has 2 heterocycles. The molecule has 10 nitrogen and oxygen atoms in total.